The number of benzene rings is 3. The summed E-state index contributed by atoms with van der Waals surface area (Å²) in [7, 11) is 0. The lowest BCUT2D eigenvalue weighted by atomic mass is 10.2. The third kappa shape index (κ3) is 6.05. The molecule has 36 heavy (non-hydrogen) atoms. The van der Waals surface area contributed by atoms with E-state index in [9.17, 15) is 19.3 Å². The zero-order chi connectivity index (χ0) is 25.5. The van der Waals surface area contributed by atoms with E-state index >= 15 is 0 Å². The summed E-state index contributed by atoms with van der Waals surface area (Å²) in [5, 5.41) is 22.5. The molecule has 184 valence electrons. The van der Waals surface area contributed by atoms with E-state index in [1.807, 2.05) is 30.3 Å². The van der Waals surface area contributed by atoms with Crippen LogP contribution < -0.4 is 5.32 Å². The monoisotopic (exact) mass is 507 g/mol. The molecule has 0 bridgehead atoms. The summed E-state index contributed by atoms with van der Waals surface area (Å²) in [6.45, 7) is 2.01. The fraction of sp³-hybridized carbons (Fsp3) is 0.160. The number of nitrogens with zero attached hydrogens (tertiary/aromatic N) is 4. The molecule has 0 atom stereocenters. The lowest BCUT2D eigenvalue weighted by Crippen LogP contribution is -2.09. The SMILES string of the molecule is Cc1c(C(=O)OCc2ccc(NCCSc3ccccc3)c([N+](=O)[O-])c2)nnn1-c1ccc(F)cc1. The van der Waals surface area contributed by atoms with Crippen LogP contribution in [0, 0.1) is 22.9 Å². The molecular formula is C25H22FN5O4S. The summed E-state index contributed by atoms with van der Waals surface area (Å²) in [5.41, 5.74) is 1.71. The number of nitrogens with one attached hydrogen (secondary N) is 1. The van der Waals surface area contributed by atoms with Crippen LogP contribution in [-0.2, 0) is 11.3 Å². The van der Waals surface area contributed by atoms with Gasteiger partial charge in [0.2, 0.25) is 0 Å². The van der Waals surface area contributed by atoms with E-state index in [1.54, 1.807) is 30.8 Å². The zero-order valence-corrected chi connectivity index (χ0v) is 20.1. The minimum Gasteiger partial charge on any atom is -0.456 e. The van der Waals surface area contributed by atoms with E-state index in [4.69, 9.17) is 4.74 Å². The van der Waals surface area contributed by atoms with E-state index in [-0.39, 0.29) is 18.0 Å². The smallest absolute Gasteiger partial charge is 0.361 e. The number of halogens is 1. The van der Waals surface area contributed by atoms with Crippen molar-refractivity contribution in [2.75, 3.05) is 17.6 Å². The molecule has 0 aliphatic heterocycles. The molecule has 0 aliphatic carbocycles. The van der Waals surface area contributed by atoms with Gasteiger partial charge < -0.3 is 10.1 Å². The molecule has 0 saturated heterocycles. The first-order chi connectivity index (χ1) is 17.4. The number of hydrogen-bond donors (Lipinski definition) is 1. The molecule has 1 aromatic heterocycles. The molecule has 0 aliphatic rings. The predicted octanol–water partition coefficient (Wildman–Crippen LogP) is 5.18. The third-order valence-corrected chi connectivity index (χ3v) is 6.23. The Kier molecular flexibility index (Phi) is 7.91. The van der Waals surface area contributed by atoms with Crippen LogP contribution in [0.5, 0.6) is 0 Å². The molecule has 0 unspecified atom stereocenters. The van der Waals surface area contributed by atoms with Gasteiger partial charge in [0.25, 0.3) is 5.69 Å². The quantitative estimate of drug-likeness (QED) is 0.103. The van der Waals surface area contributed by atoms with Crippen molar-refractivity contribution in [2.24, 2.45) is 0 Å². The fourth-order valence-corrected chi connectivity index (χ4v) is 4.19. The summed E-state index contributed by atoms with van der Waals surface area (Å²) in [6, 6.07) is 20.1. The van der Waals surface area contributed by atoms with Crippen LogP contribution in [0.3, 0.4) is 0 Å². The highest BCUT2D eigenvalue weighted by Crippen LogP contribution is 2.27. The van der Waals surface area contributed by atoms with Crippen molar-refractivity contribution in [3.05, 3.63) is 106 Å². The summed E-state index contributed by atoms with van der Waals surface area (Å²) < 4.78 is 19.9. The highest BCUT2D eigenvalue weighted by Gasteiger charge is 2.20. The number of hydrogen-bond acceptors (Lipinski definition) is 8. The molecule has 9 nitrogen and oxygen atoms in total. The van der Waals surface area contributed by atoms with E-state index in [0.29, 0.717) is 29.2 Å². The molecule has 1 N–H and O–H groups in total. The third-order valence-electron chi connectivity index (χ3n) is 5.22. The van der Waals surface area contributed by atoms with Crippen LogP contribution in [0.25, 0.3) is 5.69 Å². The van der Waals surface area contributed by atoms with Crippen molar-refractivity contribution >= 4 is 29.1 Å². The number of anilines is 1. The summed E-state index contributed by atoms with van der Waals surface area (Å²) in [6.07, 6.45) is 0. The number of carbonyl (C=O) groups is 1. The highest BCUT2D eigenvalue weighted by molar-refractivity contribution is 7.99. The largest absolute Gasteiger partial charge is 0.456 e. The number of aromatic nitrogens is 3. The molecule has 0 spiro atoms. The van der Waals surface area contributed by atoms with Gasteiger partial charge in [0.15, 0.2) is 5.69 Å². The maximum atomic E-state index is 13.2. The maximum absolute atomic E-state index is 13.2. The van der Waals surface area contributed by atoms with Gasteiger partial charge >= 0.3 is 5.97 Å². The van der Waals surface area contributed by atoms with Gasteiger partial charge in [-0.3, -0.25) is 10.1 Å². The van der Waals surface area contributed by atoms with Crippen LogP contribution in [0.15, 0.2) is 77.7 Å². The fourth-order valence-electron chi connectivity index (χ4n) is 3.40. The topological polar surface area (TPSA) is 112 Å². The molecule has 0 radical (unpaired) electrons. The first-order valence-corrected chi connectivity index (χ1v) is 12.0. The Morgan fingerprint density at radius 3 is 2.61 bits per heavy atom. The standard InChI is InChI=1S/C25H22FN5O4S/c1-17-24(28-29-30(17)20-10-8-19(26)9-11-20)25(32)35-16-18-7-12-22(23(15-18)31(33)34)27-13-14-36-21-5-3-2-4-6-21/h2-12,15,27H,13-14,16H2,1H3. The summed E-state index contributed by atoms with van der Waals surface area (Å²) >= 11 is 1.65. The number of rotatable bonds is 10. The highest BCUT2D eigenvalue weighted by atomic mass is 32.2. The second-order valence-corrected chi connectivity index (χ2v) is 8.85. The first kappa shape index (κ1) is 24.9. The second kappa shape index (κ2) is 11.5. The lowest BCUT2D eigenvalue weighted by molar-refractivity contribution is -0.384. The van der Waals surface area contributed by atoms with Crippen LogP contribution in [-0.4, -0.2) is 38.2 Å². The number of nitro groups is 1. The van der Waals surface area contributed by atoms with Crippen molar-refractivity contribution in [3.63, 3.8) is 0 Å². The van der Waals surface area contributed by atoms with E-state index < -0.39 is 16.7 Å². The van der Waals surface area contributed by atoms with Gasteiger partial charge in [0.1, 0.15) is 18.1 Å². The molecule has 0 amide bonds. The van der Waals surface area contributed by atoms with Crippen molar-refractivity contribution in [2.45, 2.75) is 18.4 Å². The Morgan fingerprint density at radius 1 is 1.14 bits per heavy atom. The van der Waals surface area contributed by atoms with Gasteiger partial charge in [0.05, 0.1) is 16.3 Å². The summed E-state index contributed by atoms with van der Waals surface area (Å²) in [4.78, 5) is 24.8. The first-order valence-electron chi connectivity index (χ1n) is 11.0. The van der Waals surface area contributed by atoms with Crippen molar-refractivity contribution in [1.29, 1.82) is 0 Å². The molecule has 3 aromatic carbocycles. The number of esters is 1. The molecule has 4 rings (SSSR count). The predicted molar refractivity (Wildman–Crippen MR) is 134 cm³/mol. The van der Waals surface area contributed by atoms with E-state index in [2.05, 4.69) is 15.6 Å². The molecule has 0 saturated carbocycles. The number of thioether (sulfide) groups is 1. The molecule has 0 fully saturated rings. The lowest BCUT2D eigenvalue weighted by Gasteiger charge is -2.09. The Labute approximate surface area is 210 Å². The van der Waals surface area contributed by atoms with Gasteiger partial charge in [0, 0.05) is 23.3 Å². The minimum absolute atomic E-state index is 0.00280. The van der Waals surface area contributed by atoms with E-state index in [0.717, 1.165) is 10.6 Å². The Balaban J connectivity index is 1.36. The number of ether oxygens (including phenoxy) is 1. The maximum Gasteiger partial charge on any atom is 0.361 e. The molecule has 4 aromatic rings. The van der Waals surface area contributed by atoms with Crippen LogP contribution in [0.4, 0.5) is 15.8 Å². The van der Waals surface area contributed by atoms with Crippen LogP contribution >= 0.6 is 11.8 Å². The Bertz CT molecular complexity index is 1360. The average Bonchev–Trinajstić information content (AvgIpc) is 3.27. The van der Waals surface area contributed by atoms with Gasteiger partial charge in [-0.25, -0.2) is 13.9 Å². The van der Waals surface area contributed by atoms with Crippen molar-refractivity contribution in [3.8, 4) is 5.69 Å². The second-order valence-electron chi connectivity index (χ2n) is 7.68. The molecule has 11 heteroatoms. The minimum atomic E-state index is -0.719. The normalized spacial score (nSPS) is 10.7. The molecule has 1 heterocycles. The summed E-state index contributed by atoms with van der Waals surface area (Å²) in [5.74, 6) is -0.375. The van der Waals surface area contributed by atoms with Crippen molar-refractivity contribution in [1.82, 2.24) is 15.0 Å². The number of nitro benzene ring substituents is 1. The Morgan fingerprint density at radius 2 is 1.89 bits per heavy atom. The van der Waals surface area contributed by atoms with Gasteiger partial charge in [-0.2, -0.15) is 0 Å². The van der Waals surface area contributed by atoms with Gasteiger partial charge in [-0.1, -0.05) is 29.5 Å². The number of carbonyl (C=O) groups excluding carboxylic acids is 1. The Hall–Kier alpha value is -4.25. The van der Waals surface area contributed by atoms with Crippen LogP contribution in [0.2, 0.25) is 0 Å². The zero-order valence-electron chi connectivity index (χ0n) is 19.3. The van der Waals surface area contributed by atoms with Crippen LogP contribution in [0.1, 0.15) is 21.7 Å². The van der Waals surface area contributed by atoms with Crippen molar-refractivity contribution < 1.29 is 18.8 Å². The molecular weight excluding hydrogens is 485 g/mol. The van der Waals surface area contributed by atoms with E-state index in [1.165, 1.54) is 35.0 Å². The average molecular weight is 508 g/mol. The van der Waals surface area contributed by atoms with Gasteiger partial charge in [-0.05, 0) is 55.0 Å². The van der Waals surface area contributed by atoms with Gasteiger partial charge in [-0.15, -0.1) is 16.9 Å².